The molecule has 1 rings (SSSR count). The summed E-state index contributed by atoms with van der Waals surface area (Å²) in [6.45, 7) is 2.39. The van der Waals surface area contributed by atoms with Gasteiger partial charge in [-0.25, -0.2) is 0 Å². The first kappa shape index (κ1) is 10.2. The van der Waals surface area contributed by atoms with Crippen molar-refractivity contribution >= 4 is 11.8 Å². The Morgan fingerprint density at radius 2 is 1.85 bits per heavy atom. The van der Waals surface area contributed by atoms with Crippen LogP contribution in [0.1, 0.15) is 19.3 Å². The van der Waals surface area contributed by atoms with Gasteiger partial charge in [-0.3, -0.25) is 9.59 Å². The van der Waals surface area contributed by atoms with E-state index in [1.165, 1.54) is 0 Å². The van der Waals surface area contributed by atoms with Crippen LogP contribution in [0, 0.1) is 0 Å². The molecule has 0 aromatic heterocycles. The third-order valence-corrected chi connectivity index (χ3v) is 2.55. The molecule has 0 amide bonds. The van der Waals surface area contributed by atoms with E-state index < -0.39 is 5.97 Å². The van der Waals surface area contributed by atoms with Crippen LogP contribution in [0.5, 0.6) is 0 Å². The second kappa shape index (κ2) is 3.87. The van der Waals surface area contributed by atoms with Gasteiger partial charge in [0.25, 0.3) is 0 Å². The van der Waals surface area contributed by atoms with Crippen molar-refractivity contribution < 1.29 is 19.2 Å². The van der Waals surface area contributed by atoms with Crippen LogP contribution in [-0.4, -0.2) is 48.0 Å². The van der Waals surface area contributed by atoms with Gasteiger partial charge in [-0.1, -0.05) is 0 Å². The zero-order valence-electron chi connectivity index (χ0n) is 7.95. The summed E-state index contributed by atoms with van der Waals surface area (Å²) in [5, 5.41) is 8.41. The molecule has 4 heteroatoms. The monoisotopic (exact) mass is 186 g/mol. The summed E-state index contributed by atoms with van der Waals surface area (Å²) in [5.74, 6) is -1.17. The molecule has 1 aliphatic rings. The van der Waals surface area contributed by atoms with Gasteiger partial charge < -0.3 is 9.59 Å². The predicted molar refractivity (Wildman–Crippen MR) is 47.3 cm³/mol. The zero-order valence-corrected chi connectivity index (χ0v) is 7.95. The number of quaternary nitrogens is 1. The van der Waals surface area contributed by atoms with Crippen molar-refractivity contribution in [3.8, 4) is 0 Å². The lowest BCUT2D eigenvalue weighted by Gasteiger charge is -2.27. The molecular weight excluding hydrogens is 170 g/mol. The summed E-state index contributed by atoms with van der Waals surface area (Å²) in [4.78, 5) is 21.5. The molecule has 1 fully saturated rings. The molecule has 0 bridgehead atoms. The Morgan fingerprint density at radius 1 is 1.31 bits per heavy atom. The van der Waals surface area contributed by atoms with Crippen molar-refractivity contribution in [2.45, 2.75) is 19.3 Å². The maximum atomic E-state index is 11.2. The maximum absolute atomic E-state index is 11.2. The van der Waals surface area contributed by atoms with Crippen molar-refractivity contribution in [3.63, 3.8) is 0 Å². The number of likely N-dealkylation sites (tertiary alicyclic amines) is 1. The van der Waals surface area contributed by atoms with E-state index in [4.69, 9.17) is 5.11 Å². The smallest absolute Gasteiger partial charge is 0.311 e. The van der Waals surface area contributed by atoms with Gasteiger partial charge in [0.1, 0.15) is 13.0 Å². The third kappa shape index (κ3) is 3.14. The largest absolute Gasteiger partial charge is 0.481 e. The van der Waals surface area contributed by atoms with Gasteiger partial charge in [0, 0.05) is 12.8 Å². The van der Waals surface area contributed by atoms with Crippen LogP contribution in [0.25, 0.3) is 0 Å². The van der Waals surface area contributed by atoms with E-state index in [-0.39, 0.29) is 12.2 Å². The quantitative estimate of drug-likeness (QED) is 0.506. The lowest BCUT2D eigenvalue weighted by molar-refractivity contribution is -0.889. The number of likely N-dealkylation sites (N-methyl/N-ethyl adjacent to an activating group) is 1. The van der Waals surface area contributed by atoms with Crippen molar-refractivity contribution in [2.24, 2.45) is 0 Å². The molecule has 1 N–H and O–H groups in total. The Kier molecular flexibility index (Phi) is 3.03. The molecule has 74 valence electrons. The first-order valence-electron chi connectivity index (χ1n) is 4.59. The number of ketones is 1. The van der Waals surface area contributed by atoms with Crippen LogP contribution in [0.2, 0.25) is 0 Å². The Balaban J connectivity index is 2.38. The fourth-order valence-corrected chi connectivity index (χ4v) is 1.91. The molecule has 0 unspecified atom stereocenters. The van der Waals surface area contributed by atoms with Crippen LogP contribution in [0.4, 0.5) is 0 Å². The van der Waals surface area contributed by atoms with Crippen molar-refractivity contribution in [1.82, 2.24) is 0 Å². The van der Waals surface area contributed by atoms with Crippen LogP contribution < -0.4 is 0 Å². The van der Waals surface area contributed by atoms with Gasteiger partial charge in [0.15, 0.2) is 5.78 Å². The second-order valence-corrected chi connectivity index (χ2v) is 4.04. The molecule has 13 heavy (non-hydrogen) atoms. The van der Waals surface area contributed by atoms with Crippen LogP contribution >= 0.6 is 0 Å². The molecule has 1 aliphatic heterocycles. The van der Waals surface area contributed by atoms with E-state index >= 15 is 0 Å². The molecule has 1 saturated heterocycles. The van der Waals surface area contributed by atoms with Crippen LogP contribution in [0.3, 0.4) is 0 Å². The SMILES string of the molecule is C[N+]1(CC(=O)CC(=O)O)CCCC1. The first-order chi connectivity index (χ1) is 6.02. The van der Waals surface area contributed by atoms with Crippen molar-refractivity contribution in [2.75, 3.05) is 26.7 Å². The number of aliphatic carboxylic acids is 1. The number of Topliss-reactive ketones (excluding diaryl/α,β-unsaturated/α-hetero) is 1. The summed E-state index contributed by atoms with van der Waals surface area (Å²) in [6, 6.07) is 0. The van der Waals surface area contributed by atoms with Gasteiger partial charge in [-0.05, 0) is 0 Å². The van der Waals surface area contributed by atoms with Crippen LogP contribution in [-0.2, 0) is 9.59 Å². The van der Waals surface area contributed by atoms with Crippen molar-refractivity contribution in [1.29, 1.82) is 0 Å². The van der Waals surface area contributed by atoms with Gasteiger partial charge in [0.2, 0.25) is 0 Å². The number of carbonyl (C=O) groups is 2. The van der Waals surface area contributed by atoms with Gasteiger partial charge in [-0.2, -0.15) is 0 Å². The molecule has 4 nitrogen and oxygen atoms in total. The lowest BCUT2D eigenvalue weighted by atomic mass is 10.2. The first-order valence-corrected chi connectivity index (χ1v) is 4.59. The summed E-state index contributed by atoms with van der Waals surface area (Å²) >= 11 is 0. The highest BCUT2D eigenvalue weighted by Gasteiger charge is 2.29. The average Bonchev–Trinajstić information content (AvgIpc) is 2.33. The Bertz CT molecular complexity index is 219. The number of carbonyl (C=O) groups excluding carboxylic acids is 1. The van der Waals surface area contributed by atoms with Gasteiger partial charge in [-0.15, -0.1) is 0 Å². The average molecular weight is 186 g/mol. The summed E-state index contributed by atoms with van der Waals surface area (Å²) in [6.07, 6.45) is 1.97. The Labute approximate surface area is 77.7 Å². The summed E-state index contributed by atoms with van der Waals surface area (Å²) in [5.41, 5.74) is 0. The number of carboxylic acids is 1. The van der Waals surface area contributed by atoms with E-state index in [2.05, 4.69) is 0 Å². The Hall–Kier alpha value is -0.900. The van der Waals surface area contributed by atoms with E-state index in [0.717, 1.165) is 30.4 Å². The Morgan fingerprint density at radius 3 is 2.31 bits per heavy atom. The van der Waals surface area contributed by atoms with Crippen molar-refractivity contribution in [3.05, 3.63) is 0 Å². The van der Waals surface area contributed by atoms with Crippen LogP contribution in [0.15, 0.2) is 0 Å². The molecule has 1 heterocycles. The maximum Gasteiger partial charge on any atom is 0.311 e. The molecular formula is C9H16NO3+. The molecule has 0 saturated carbocycles. The fourth-order valence-electron chi connectivity index (χ4n) is 1.91. The van der Waals surface area contributed by atoms with E-state index in [1.54, 1.807) is 0 Å². The van der Waals surface area contributed by atoms with Gasteiger partial charge in [0.05, 0.1) is 20.1 Å². The standard InChI is InChI=1S/C9H15NO3/c1-10(4-2-3-5-10)7-8(11)6-9(12)13/h2-7H2,1H3/p+1. The highest BCUT2D eigenvalue weighted by Crippen LogP contribution is 2.15. The molecule has 0 spiro atoms. The molecule has 0 aromatic carbocycles. The number of rotatable bonds is 4. The minimum absolute atomic E-state index is 0.156. The van der Waals surface area contributed by atoms with E-state index in [9.17, 15) is 9.59 Å². The van der Waals surface area contributed by atoms with Gasteiger partial charge >= 0.3 is 5.97 Å². The van der Waals surface area contributed by atoms with E-state index in [1.807, 2.05) is 7.05 Å². The molecule has 0 aliphatic carbocycles. The third-order valence-electron chi connectivity index (χ3n) is 2.55. The molecule has 0 atom stereocenters. The topological polar surface area (TPSA) is 54.4 Å². The highest BCUT2D eigenvalue weighted by molar-refractivity contribution is 5.95. The predicted octanol–water partition coefficient (Wildman–Crippen LogP) is 0.271. The second-order valence-electron chi connectivity index (χ2n) is 4.04. The number of hydrogen-bond acceptors (Lipinski definition) is 2. The number of nitrogens with zero attached hydrogens (tertiary/aromatic N) is 1. The normalized spacial score (nSPS) is 20.1. The van der Waals surface area contributed by atoms with E-state index in [0.29, 0.717) is 6.54 Å². The molecule has 0 aromatic rings. The summed E-state index contributed by atoms with van der Waals surface area (Å²) in [7, 11) is 2.02. The zero-order chi connectivity index (χ0) is 9.90. The minimum Gasteiger partial charge on any atom is -0.481 e. The number of carboxylic acid groups (broad SMARTS) is 1. The lowest BCUT2D eigenvalue weighted by Crippen LogP contribution is -2.45. The summed E-state index contributed by atoms with van der Waals surface area (Å²) < 4.78 is 0.728. The number of hydrogen-bond donors (Lipinski definition) is 1. The highest BCUT2D eigenvalue weighted by atomic mass is 16.4. The molecule has 0 radical (unpaired) electrons. The fraction of sp³-hybridized carbons (Fsp3) is 0.778. The minimum atomic E-state index is -1.02.